The molecule has 16 nitrogen and oxygen atoms in total. The first-order chi connectivity index (χ1) is 52.9. The van der Waals surface area contributed by atoms with Gasteiger partial charge in [-0.2, -0.15) is 0 Å². The van der Waals surface area contributed by atoms with Crippen molar-refractivity contribution in [2.24, 2.45) is 112 Å². The summed E-state index contributed by atoms with van der Waals surface area (Å²) in [5.74, 6) is -0.470. The number of ketones is 2. The van der Waals surface area contributed by atoms with Gasteiger partial charge in [-0.15, -0.1) is 0 Å². The minimum Gasteiger partial charge on any atom is -0.481 e. The fourth-order valence-electron chi connectivity index (χ4n) is 27.6. The number of ether oxygens (including phenoxy) is 3. The first kappa shape index (κ1) is 89.8. The fourth-order valence-corrected chi connectivity index (χ4v) is 28.0. The number of benzene rings is 2. The third-order valence-electron chi connectivity index (χ3n) is 34.2. The van der Waals surface area contributed by atoms with Crippen LogP contribution in [0.4, 0.5) is 0 Å². The van der Waals surface area contributed by atoms with E-state index in [-0.39, 0.29) is 110 Å². The van der Waals surface area contributed by atoms with Crippen molar-refractivity contribution in [2.75, 3.05) is 46.8 Å². The van der Waals surface area contributed by atoms with Crippen molar-refractivity contribution in [1.29, 1.82) is 0 Å². The normalized spacial score (nSPS) is 35.4. The average Bonchev–Trinajstić information content (AvgIpc) is 1.16. The summed E-state index contributed by atoms with van der Waals surface area (Å²) in [5, 5.41) is 33.2. The number of carboxylic acid groups (broad SMARTS) is 2. The highest BCUT2D eigenvalue weighted by Crippen LogP contribution is 2.80. The zero-order chi connectivity index (χ0) is 84.2. The number of Topliss-reactive ketones (excluding diaryl/α,β-unsaturated/α-hetero) is 2. The minimum absolute atomic E-state index is 0.00209. The Hall–Kier alpha value is -4.97. The molecule has 0 radical (unpaired) electrons. The first-order valence-corrected chi connectivity index (χ1v) is 44.5. The average molecular weight is 1620 g/mol. The smallest absolute Gasteiger partial charge is 0.309 e. The summed E-state index contributed by atoms with van der Waals surface area (Å²) in [6.45, 7) is 47.6. The molecule has 8 fully saturated rings. The Morgan fingerprint density at radius 2 is 0.921 bits per heavy atom. The number of aliphatic hydroxyl groups is 1. The highest BCUT2D eigenvalue weighted by molar-refractivity contribution is 6.31. The number of aliphatic hydroxyl groups excluding tert-OH is 1. The van der Waals surface area contributed by atoms with Gasteiger partial charge in [0.15, 0.2) is 11.6 Å². The lowest BCUT2D eigenvalue weighted by Gasteiger charge is -2.72. The molecular weight excluding hydrogens is 1470 g/mol. The van der Waals surface area contributed by atoms with Gasteiger partial charge in [-0.05, 0) is 271 Å². The molecule has 2 aromatic rings. The standard InChI is InChI=1S/C50H75ClN2O7.C46H68ClNO6/c1-31(2)42-36(55)27-50(40(59-32(3)54)30-53(26-25-52(11)12)29-33-15-13-14-16-35(33)51)24-23-48(9)34(43(42)50)17-18-38-47(8)21-20-39(60-41(56)28-45(4,5)44(57)58)46(6,7)37(47)19-22-49(38,48)10;1-11-48(26-29-14-12-13-15-31(29)47)27-35(50)46-23-22-44(9)30(39(46)38(28(2)3)32(49)24-46)16-17-34-43(8)20-19-36(54-37(51)25-41(4,5)40(52)53)42(6,7)33(43)18-21-45(34,44)10/h13-16,31,34,37-40H,17-30H2,1-12H3,(H,57,58);12-15,28,30,33-36,50H,11,16-27H2,1-10H3,(H,52,53)/t34-,37+,38-,39+,40+,47+,48-,49-,50+;30-,33+,34-,35+,36+,43+,44-,45-,46+/m11/s1. The Bertz CT molecular complexity index is 4060. The number of hydrogen-bond donors (Lipinski definition) is 3. The predicted molar refractivity (Wildman–Crippen MR) is 450 cm³/mol. The van der Waals surface area contributed by atoms with E-state index in [1.165, 1.54) is 18.1 Å². The van der Waals surface area contributed by atoms with E-state index in [4.69, 9.17) is 37.4 Å². The van der Waals surface area contributed by atoms with Crippen molar-refractivity contribution in [3.8, 4) is 0 Å². The van der Waals surface area contributed by atoms with Gasteiger partial charge in [0.2, 0.25) is 0 Å². The van der Waals surface area contributed by atoms with Gasteiger partial charge in [-0.1, -0.05) is 169 Å². The Balaban J connectivity index is 0.000000226. The lowest BCUT2D eigenvalue weighted by Crippen LogP contribution is -2.66. The lowest BCUT2D eigenvalue weighted by molar-refractivity contribution is -0.235. The van der Waals surface area contributed by atoms with Crippen LogP contribution >= 0.6 is 23.2 Å². The number of aliphatic carboxylic acids is 2. The molecule has 12 rings (SSSR count). The number of nitrogens with zero attached hydrogens (tertiary/aromatic N) is 3. The third kappa shape index (κ3) is 15.6. The van der Waals surface area contributed by atoms with Gasteiger partial charge in [0.1, 0.15) is 18.3 Å². The molecule has 3 N–H and O–H groups in total. The molecule has 2 aromatic carbocycles. The van der Waals surface area contributed by atoms with Crippen molar-refractivity contribution in [3.05, 3.63) is 92.0 Å². The molecule has 0 heterocycles. The molecule has 634 valence electrons. The molecular formula is C96H143Cl2N3O13. The van der Waals surface area contributed by atoms with E-state index in [0.717, 1.165) is 150 Å². The molecule has 0 spiro atoms. The third-order valence-corrected chi connectivity index (χ3v) is 34.9. The quantitative estimate of drug-likeness (QED) is 0.0622. The van der Waals surface area contributed by atoms with Gasteiger partial charge in [-0.25, -0.2) is 0 Å². The highest BCUT2D eigenvalue weighted by Gasteiger charge is 2.74. The van der Waals surface area contributed by atoms with Crippen molar-refractivity contribution in [1.82, 2.24) is 14.7 Å². The molecule has 0 amide bonds. The van der Waals surface area contributed by atoms with Crippen LogP contribution in [-0.2, 0) is 60.9 Å². The number of fused-ring (bicyclic) bond motifs is 14. The number of carbonyl (C=O) groups excluding carboxylic acids is 5. The van der Waals surface area contributed by atoms with Crippen LogP contribution in [0.15, 0.2) is 70.8 Å². The van der Waals surface area contributed by atoms with Gasteiger partial charge >= 0.3 is 29.8 Å². The summed E-state index contributed by atoms with van der Waals surface area (Å²) in [7, 11) is 4.14. The van der Waals surface area contributed by atoms with Crippen LogP contribution in [0.25, 0.3) is 0 Å². The molecule has 0 aliphatic heterocycles. The summed E-state index contributed by atoms with van der Waals surface area (Å²) < 4.78 is 18.9. The number of carbonyl (C=O) groups is 7. The number of hydrogen-bond acceptors (Lipinski definition) is 14. The van der Waals surface area contributed by atoms with Crippen LogP contribution < -0.4 is 0 Å². The van der Waals surface area contributed by atoms with Gasteiger partial charge < -0.3 is 34.4 Å². The number of likely N-dealkylation sites (N-methyl/N-ethyl adjacent to an activating group) is 2. The molecule has 114 heavy (non-hydrogen) atoms. The van der Waals surface area contributed by atoms with Crippen LogP contribution in [0.1, 0.15) is 278 Å². The Morgan fingerprint density at radius 1 is 0.518 bits per heavy atom. The second-order valence-corrected chi connectivity index (χ2v) is 43.6. The summed E-state index contributed by atoms with van der Waals surface area (Å²) in [4.78, 5) is 98.7. The van der Waals surface area contributed by atoms with Crippen LogP contribution in [0.3, 0.4) is 0 Å². The van der Waals surface area contributed by atoms with Gasteiger partial charge in [0, 0.05) is 90.7 Å². The molecule has 0 aromatic heterocycles. The summed E-state index contributed by atoms with van der Waals surface area (Å²) in [5.41, 5.74) is 2.67. The molecule has 10 aliphatic rings. The maximum atomic E-state index is 14.6. The van der Waals surface area contributed by atoms with E-state index >= 15 is 0 Å². The topological polar surface area (TPSA) is 218 Å². The maximum Gasteiger partial charge on any atom is 0.309 e. The van der Waals surface area contributed by atoms with Crippen LogP contribution in [0, 0.1) is 112 Å². The van der Waals surface area contributed by atoms with Gasteiger partial charge in [0.05, 0.1) is 29.8 Å². The molecule has 8 saturated carbocycles. The molecule has 10 aliphatic carbocycles. The Kier molecular flexibility index (Phi) is 25.6. The van der Waals surface area contributed by atoms with Crippen molar-refractivity contribution in [3.63, 3.8) is 0 Å². The van der Waals surface area contributed by atoms with E-state index in [1.54, 1.807) is 27.7 Å². The summed E-state index contributed by atoms with van der Waals surface area (Å²) >= 11 is 13.3. The molecule has 0 unspecified atom stereocenters. The monoisotopic (exact) mass is 1620 g/mol. The number of halogens is 2. The van der Waals surface area contributed by atoms with E-state index in [9.17, 15) is 48.9 Å². The Morgan fingerprint density at radius 3 is 1.32 bits per heavy atom. The molecule has 18 heteroatoms. The van der Waals surface area contributed by atoms with E-state index < -0.39 is 57.7 Å². The van der Waals surface area contributed by atoms with Crippen molar-refractivity contribution >= 4 is 64.6 Å². The highest BCUT2D eigenvalue weighted by atomic mass is 35.5. The fraction of sp³-hybridized carbons (Fsp3) is 0.760. The summed E-state index contributed by atoms with van der Waals surface area (Å²) in [6.07, 6.45) is 14.2. The lowest BCUT2D eigenvalue weighted by atomic mass is 9.33. The van der Waals surface area contributed by atoms with Gasteiger partial charge in [-0.3, -0.25) is 43.4 Å². The second-order valence-electron chi connectivity index (χ2n) is 42.8. The number of esters is 3. The van der Waals surface area contributed by atoms with E-state index in [2.05, 4.69) is 145 Å². The molecule has 0 saturated heterocycles. The van der Waals surface area contributed by atoms with Gasteiger partial charge in [0.25, 0.3) is 0 Å². The largest absolute Gasteiger partial charge is 0.481 e. The SMILES string of the molecule is CC(=O)O[C@@H](CN(CCN(C)C)Cc1ccccc1Cl)[C@@]12CC[C@]3(C)[C@H](CC[C@@H]4[C@@]5(C)CC[C@H](OC(=O)CC(C)(C)C(=O)O)C(C)(C)[C@@H]5CC[C@]43C)C1=C(C(C)C)C(=O)C2.CCN(Cc1ccccc1Cl)C[C@H](O)[C@@]12CC[C@]3(C)[C@H](CC[C@@H]4[C@@]5(C)CC[C@H](OC(=O)CC(C)(C)C(=O)O)C(C)(C)[C@@H]5CC[C@]43C)C1=C(C(C)C)C(=O)C2. The molecule has 18 atom stereocenters. The van der Waals surface area contributed by atoms with Crippen LogP contribution in [-0.4, -0.2) is 143 Å². The second kappa shape index (κ2) is 32.5. The first-order valence-electron chi connectivity index (χ1n) is 43.8. The molecule has 0 bridgehead atoms. The van der Waals surface area contributed by atoms with E-state index in [0.29, 0.717) is 67.7 Å². The van der Waals surface area contributed by atoms with Crippen LogP contribution in [0.2, 0.25) is 10.0 Å². The van der Waals surface area contributed by atoms with Crippen molar-refractivity contribution in [2.45, 2.75) is 304 Å². The zero-order valence-electron chi connectivity index (χ0n) is 73.7. The Labute approximate surface area is 693 Å². The maximum absolute atomic E-state index is 14.6. The zero-order valence-corrected chi connectivity index (χ0v) is 75.2. The van der Waals surface area contributed by atoms with E-state index in [1.807, 2.05) is 36.4 Å². The number of allylic oxidation sites excluding steroid dienone is 2. The minimum atomic E-state index is -1.18. The van der Waals surface area contributed by atoms with Crippen LogP contribution in [0.5, 0.6) is 0 Å². The van der Waals surface area contributed by atoms with Crippen molar-refractivity contribution < 1.29 is 63.1 Å². The number of carboxylic acids is 2. The predicted octanol–water partition coefficient (Wildman–Crippen LogP) is 19.9. The summed E-state index contributed by atoms with van der Waals surface area (Å²) in [6, 6.07) is 15.9. The number of rotatable bonds is 25.